The summed E-state index contributed by atoms with van der Waals surface area (Å²) < 4.78 is 43.4. The van der Waals surface area contributed by atoms with Crippen LogP contribution in [-0.4, -0.2) is 67.8 Å². The van der Waals surface area contributed by atoms with Gasteiger partial charge in [-0.15, -0.1) is 0 Å². The van der Waals surface area contributed by atoms with Crippen molar-refractivity contribution >= 4 is 23.3 Å². The van der Waals surface area contributed by atoms with Crippen LogP contribution in [0.2, 0.25) is 5.02 Å². The van der Waals surface area contributed by atoms with Crippen LogP contribution in [0.4, 0.5) is 19.0 Å². The molecule has 0 bridgehead atoms. The summed E-state index contributed by atoms with van der Waals surface area (Å²) in [4.78, 5) is 19.8. The van der Waals surface area contributed by atoms with Gasteiger partial charge in [-0.05, 0) is 6.07 Å². The fourth-order valence-corrected chi connectivity index (χ4v) is 3.19. The molecule has 0 aromatic carbocycles. The van der Waals surface area contributed by atoms with Crippen molar-refractivity contribution in [3.63, 3.8) is 0 Å². The second-order valence-corrected chi connectivity index (χ2v) is 6.33. The summed E-state index contributed by atoms with van der Waals surface area (Å²) in [5.74, 6) is 0.284. The maximum absolute atomic E-state index is 12.7. The highest BCUT2D eigenvalue weighted by atomic mass is 35.5. The third-order valence-electron chi connectivity index (χ3n) is 4.26. The molecule has 1 aromatic rings. The Kier molecular flexibility index (Phi) is 5.35. The van der Waals surface area contributed by atoms with Crippen molar-refractivity contribution in [3.8, 4) is 0 Å². The second kappa shape index (κ2) is 7.35. The van der Waals surface area contributed by atoms with E-state index in [0.29, 0.717) is 51.8 Å². The van der Waals surface area contributed by atoms with Crippen molar-refractivity contribution in [2.75, 3.05) is 50.8 Å². The first-order valence-corrected chi connectivity index (χ1v) is 8.31. The highest BCUT2D eigenvalue weighted by Crippen LogP contribution is 2.33. The largest absolute Gasteiger partial charge is 0.417 e. The Morgan fingerprint density at radius 2 is 2.04 bits per heavy atom. The van der Waals surface area contributed by atoms with Gasteiger partial charge in [0.2, 0.25) is 5.91 Å². The monoisotopic (exact) mass is 378 g/mol. The number of halogens is 4. The van der Waals surface area contributed by atoms with Gasteiger partial charge in [0.05, 0.1) is 23.8 Å². The minimum atomic E-state index is -4.48. The van der Waals surface area contributed by atoms with Crippen LogP contribution in [0.3, 0.4) is 0 Å². The Bertz CT molecular complexity index is 630. The van der Waals surface area contributed by atoms with E-state index >= 15 is 0 Å². The molecule has 0 radical (unpaired) electrons. The summed E-state index contributed by atoms with van der Waals surface area (Å²) in [6.07, 6.45) is -3.70. The molecule has 10 heteroatoms. The first-order chi connectivity index (χ1) is 11.9. The lowest BCUT2D eigenvalue weighted by atomic mass is 10.2. The molecule has 1 amide bonds. The number of ether oxygens (including phenoxy) is 1. The van der Waals surface area contributed by atoms with Gasteiger partial charge in [-0.3, -0.25) is 4.79 Å². The van der Waals surface area contributed by atoms with Crippen LogP contribution in [-0.2, 0) is 15.7 Å². The van der Waals surface area contributed by atoms with E-state index in [0.717, 1.165) is 12.3 Å². The second-order valence-electron chi connectivity index (χ2n) is 5.92. The number of alkyl halides is 3. The summed E-state index contributed by atoms with van der Waals surface area (Å²) in [5.41, 5.74) is -0.876. The Morgan fingerprint density at radius 1 is 1.32 bits per heavy atom. The van der Waals surface area contributed by atoms with Gasteiger partial charge in [0.15, 0.2) is 0 Å². The van der Waals surface area contributed by atoms with E-state index in [4.69, 9.17) is 16.3 Å². The minimum Gasteiger partial charge on any atom is -0.378 e. The number of pyridine rings is 1. The first-order valence-electron chi connectivity index (χ1n) is 7.94. The number of nitrogens with zero attached hydrogens (tertiary/aromatic N) is 3. The zero-order chi connectivity index (χ0) is 18.0. The zero-order valence-electron chi connectivity index (χ0n) is 13.4. The molecule has 138 valence electrons. The summed E-state index contributed by atoms with van der Waals surface area (Å²) in [6, 6.07) is 0.540. The van der Waals surface area contributed by atoms with Crippen molar-refractivity contribution in [1.82, 2.24) is 15.2 Å². The molecule has 1 aromatic heterocycles. The molecule has 0 unspecified atom stereocenters. The number of aromatic nitrogens is 1. The summed E-state index contributed by atoms with van der Waals surface area (Å²) in [7, 11) is 0. The zero-order valence-corrected chi connectivity index (χ0v) is 14.1. The van der Waals surface area contributed by atoms with Gasteiger partial charge >= 0.3 is 6.18 Å². The molecule has 0 spiro atoms. The lowest BCUT2D eigenvalue weighted by Gasteiger charge is -2.38. The predicted molar refractivity (Wildman–Crippen MR) is 85.7 cm³/mol. The third-order valence-corrected chi connectivity index (χ3v) is 4.54. The third kappa shape index (κ3) is 4.16. The maximum atomic E-state index is 12.7. The van der Waals surface area contributed by atoms with Crippen LogP contribution in [0, 0.1) is 0 Å². The number of nitrogens with one attached hydrogen (secondary N) is 1. The van der Waals surface area contributed by atoms with Crippen molar-refractivity contribution in [1.29, 1.82) is 0 Å². The number of amides is 1. The van der Waals surface area contributed by atoms with Crippen molar-refractivity contribution in [2.45, 2.75) is 12.2 Å². The van der Waals surface area contributed by atoms with E-state index in [1.54, 1.807) is 9.80 Å². The average Bonchev–Trinajstić information content (AvgIpc) is 2.61. The summed E-state index contributed by atoms with van der Waals surface area (Å²) in [5, 5.41) is 3.07. The minimum absolute atomic E-state index is 0.0224. The van der Waals surface area contributed by atoms with Crippen LogP contribution >= 0.6 is 11.6 Å². The molecule has 3 heterocycles. The van der Waals surface area contributed by atoms with E-state index in [2.05, 4.69) is 10.3 Å². The number of piperazine rings is 1. The fourth-order valence-electron chi connectivity index (χ4n) is 2.90. The van der Waals surface area contributed by atoms with Crippen LogP contribution in [0.15, 0.2) is 12.3 Å². The van der Waals surface area contributed by atoms with Crippen molar-refractivity contribution < 1.29 is 22.7 Å². The SMILES string of the molecule is O=C([C@@H]1COCCN1)N1CCN(c2ncc(C(F)(F)F)cc2Cl)CC1. The van der Waals surface area contributed by atoms with E-state index in [1.807, 2.05) is 0 Å². The van der Waals surface area contributed by atoms with Gasteiger partial charge in [0, 0.05) is 38.9 Å². The molecular weight excluding hydrogens is 361 g/mol. The molecule has 0 aliphatic carbocycles. The van der Waals surface area contributed by atoms with E-state index in [9.17, 15) is 18.0 Å². The van der Waals surface area contributed by atoms with Gasteiger partial charge in [-0.2, -0.15) is 13.2 Å². The predicted octanol–water partition coefficient (Wildman–Crippen LogP) is 1.39. The molecule has 6 nitrogen and oxygen atoms in total. The lowest BCUT2D eigenvalue weighted by Crippen LogP contribution is -2.57. The number of hydrogen-bond donors (Lipinski definition) is 1. The smallest absolute Gasteiger partial charge is 0.378 e. The molecule has 25 heavy (non-hydrogen) atoms. The molecule has 3 rings (SSSR count). The number of anilines is 1. The molecule has 1 N–H and O–H groups in total. The van der Waals surface area contributed by atoms with E-state index in [1.165, 1.54) is 0 Å². The normalized spacial score (nSPS) is 22.2. The van der Waals surface area contributed by atoms with Crippen LogP contribution in [0.1, 0.15) is 5.56 Å². The standard InChI is InChI=1S/C15H18ClF3N4O2/c16-11-7-10(15(17,18)19)8-21-13(11)22-2-4-23(5-3-22)14(24)12-9-25-6-1-20-12/h7-8,12,20H,1-6,9H2/t12-/m0/s1. The Morgan fingerprint density at radius 3 is 2.60 bits per heavy atom. The molecule has 0 saturated carbocycles. The first kappa shape index (κ1) is 18.2. The van der Waals surface area contributed by atoms with E-state index in [-0.39, 0.29) is 17.0 Å². The lowest BCUT2D eigenvalue weighted by molar-refractivity contribution is -0.138. The van der Waals surface area contributed by atoms with Crippen molar-refractivity contribution in [2.24, 2.45) is 0 Å². The van der Waals surface area contributed by atoms with Crippen LogP contribution in [0.25, 0.3) is 0 Å². The quantitative estimate of drug-likeness (QED) is 0.843. The number of hydrogen-bond acceptors (Lipinski definition) is 5. The number of carbonyl (C=O) groups excluding carboxylic acids is 1. The Balaban J connectivity index is 1.61. The molecular formula is C15H18ClF3N4O2. The van der Waals surface area contributed by atoms with Gasteiger partial charge in [-0.1, -0.05) is 11.6 Å². The summed E-state index contributed by atoms with van der Waals surface area (Å²) >= 11 is 5.98. The number of morpholine rings is 1. The van der Waals surface area contributed by atoms with Crippen molar-refractivity contribution in [3.05, 3.63) is 22.8 Å². The highest BCUT2D eigenvalue weighted by Gasteiger charge is 2.33. The van der Waals surface area contributed by atoms with Gasteiger partial charge in [-0.25, -0.2) is 4.98 Å². The number of carbonyl (C=O) groups is 1. The van der Waals surface area contributed by atoms with Gasteiger partial charge < -0.3 is 19.9 Å². The van der Waals surface area contributed by atoms with Crippen LogP contribution in [0.5, 0.6) is 0 Å². The molecule has 1 atom stereocenters. The van der Waals surface area contributed by atoms with E-state index < -0.39 is 11.7 Å². The molecule has 2 aliphatic rings. The Labute approximate surface area is 147 Å². The van der Waals surface area contributed by atoms with Crippen LogP contribution < -0.4 is 10.2 Å². The number of rotatable bonds is 2. The molecule has 2 saturated heterocycles. The summed E-state index contributed by atoms with van der Waals surface area (Å²) in [6.45, 7) is 3.41. The highest BCUT2D eigenvalue weighted by molar-refractivity contribution is 6.33. The average molecular weight is 379 g/mol. The Hall–Kier alpha value is -1.58. The fraction of sp³-hybridized carbons (Fsp3) is 0.600. The molecule has 2 aliphatic heterocycles. The van der Waals surface area contributed by atoms with Gasteiger partial charge in [0.1, 0.15) is 11.9 Å². The van der Waals surface area contributed by atoms with Gasteiger partial charge in [0.25, 0.3) is 0 Å². The topological polar surface area (TPSA) is 57.7 Å². The maximum Gasteiger partial charge on any atom is 0.417 e. The molecule has 2 fully saturated rings.